The van der Waals surface area contributed by atoms with Crippen molar-refractivity contribution in [3.8, 4) is 0 Å². The van der Waals surface area contributed by atoms with Crippen molar-refractivity contribution in [1.82, 2.24) is 14.9 Å². The third kappa shape index (κ3) is 2.67. The van der Waals surface area contributed by atoms with Gasteiger partial charge in [0.25, 0.3) is 5.91 Å². The van der Waals surface area contributed by atoms with Crippen LogP contribution < -0.4 is 4.90 Å². The molecule has 0 unspecified atom stereocenters. The summed E-state index contributed by atoms with van der Waals surface area (Å²) in [6, 6.07) is 7.14. The molecule has 5 nitrogen and oxygen atoms in total. The maximum atomic E-state index is 12.9. The minimum Gasteiger partial charge on any atom is -0.356 e. The van der Waals surface area contributed by atoms with Crippen LogP contribution in [-0.2, 0) is 13.1 Å². The van der Waals surface area contributed by atoms with Crippen molar-refractivity contribution in [2.75, 3.05) is 18.0 Å². The zero-order valence-electron chi connectivity index (χ0n) is 13.9. The fourth-order valence-electron chi connectivity index (χ4n) is 3.52. The van der Waals surface area contributed by atoms with Crippen LogP contribution in [0.3, 0.4) is 0 Å². The molecule has 2 aliphatic heterocycles. The zero-order valence-corrected chi connectivity index (χ0v) is 14.7. The molecule has 1 amide bonds. The van der Waals surface area contributed by atoms with Gasteiger partial charge < -0.3 is 9.80 Å². The molecule has 0 atom stereocenters. The number of nitrogens with zero attached hydrogens (tertiary/aromatic N) is 4. The molecular formula is C19H19ClN4O. The normalized spacial score (nSPS) is 18.9. The second kappa shape index (κ2) is 5.70. The molecule has 1 saturated heterocycles. The molecule has 1 aliphatic carbocycles. The summed E-state index contributed by atoms with van der Waals surface area (Å²) in [5.74, 6) is 2.54. The van der Waals surface area contributed by atoms with Crippen molar-refractivity contribution in [2.24, 2.45) is 0 Å². The van der Waals surface area contributed by atoms with Gasteiger partial charge in [0.1, 0.15) is 11.6 Å². The van der Waals surface area contributed by atoms with Crippen molar-refractivity contribution in [2.45, 2.75) is 38.3 Å². The highest BCUT2D eigenvalue weighted by atomic mass is 35.5. The molecule has 0 spiro atoms. The number of carbonyl (C=O) groups is 1. The molecule has 128 valence electrons. The van der Waals surface area contributed by atoms with Crippen LogP contribution >= 0.6 is 11.6 Å². The van der Waals surface area contributed by atoms with E-state index in [9.17, 15) is 4.79 Å². The summed E-state index contributed by atoms with van der Waals surface area (Å²) >= 11 is 6.04. The van der Waals surface area contributed by atoms with Gasteiger partial charge >= 0.3 is 0 Å². The highest BCUT2D eigenvalue weighted by molar-refractivity contribution is 6.30. The third-order valence-corrected chi connectivity index (χ3v) is 5.47. The number of hydrogen-bond donors (Lipinski definition) is 0. The second-order valence-corrected chi connectivity index (χ2v) is 7.55. The van der Waals surface area contributed by atoms with Crippen molar-refractivity contribution >= 4 is 23.3 Å². The number of aromatic nitrogens is 2. The molecule has 1 aromatic heterocycles. The van der Waals surface area contributed by atoms with E-state index in [0.717, 1.165) is 36.0 Å². The molecule has 1 aromatic carbocycles. The molecule has 0 radical (unpaired) electrons. The molecule has 1 saturated carbocycles. The first-order valence-electron chi connectivity index (χ1n) is 8.88. The van der Waals surface area contributed by atoms with E-state index in [1.54, 1.807) is 12.1 Å². The Kier molecular flexibility index (Phi) is 3.45. The Morgan fingerprint density at radius 2 is 2.00 bits per heavy atom. The lowest BCUT2D eigenvalue weighted by molar-refractivity contribution is 0.0750. The lowest BCUT2D eigenvalue weighted by atomic mass is 10.1. The van der Waals surface area contributed by atoms with E-state index in [4.69, 9.17) is 21.6 Å². The van der Waals surface area contributed by atoms with Gasteiger partial charge in [-0.25, -0.2) is 9.97 Å². The van der Waals surface area contributed by atoms with Gasteiger partial charge in [0.15, 0.2) is 0 Å². The van der Waals surface area contributed by atoms with Gasteiger partial charge in [0.2, 0.25) is 0 Å². The Balaban J connectivity index is 1.47. The SMILES string of the molecule is O=C(c1cccc(Cl)c1)N1Cc2nc(C3CC3)nc(N3CCC3)c2C1. The first kappa shape index (κ1) is 15.1. The van der Waals surface area contributed by atoms with Gasteiger partial charge in [-0.2, -0.15) is 0 Å². The average Bonchev–Trinajstić information content (AvgIpc) is 3.31. The van der Waals surface area contributed by atoms with Crippen LogP contribution in [0.5, 0.6) is 0 Å². The third-order valence-electron chi connectivity index (χ3n) is 5.23. The number of benzene rings is 1. The number of rotatable bonds is 3. The van der Waals surface area contributed by atoms with Crippen LogP contribution in [0.25, 0.3) is 0 Å². The van der Waals surface area contributed by atoms with E-state index >= 15 is 0 Å². The van der Waals surface area contributed by atoms with E-state index in [0.29, 0.717) is 29.6 Å². The molecule has 0 bridgehead atoms. The maximum Gasteiger partial charge on any atom is 0.254 e. The highest BCUT2D eigenvalue weighted by Gasteiger charge is 2.35. The molecule has 3 aliphatic rings. The Bertz CT molecular complexity index is 860. The van der Waals surface area contributed by atoms with Crippen LogP contribution in [0.1, 0.15) is 52.6 Å². The summed E-state index contributed by atoms with van der Waals surface area (Å²) in [4.78, 5) is 26.7. The van der Waals surface area contributed by atoms with E-state index < -0.39 is 0 Å². The molecule has 25 heavy (non-hydrogen) atoms. The molecular weight excluding hydrogens is 336 g/mol. The standard InChI is InChI=1S/C19H19ClN4O/c20-14-4-1-3-13(9-14)19(25)24-10-15-16(11-24)21-17(12-5-6-12)22-18(15)23-7-2-8-23/h1,3-4,9,12H,2,5-8,10-11H2. The van der Waals surface area contributed by atoms with Gasteiger partial charge in [-0.1, -0.05) is 17.7 Å². The predicted molar refractivity (Wildman–Crippen MR) is 95.9 cm³/mol. The maximum absolute atomic E-state index is 12.9. The van der Waals surface area contributed by atoms with Crippen LogP contribution in [0.4, 0.5) is 5.82 Å². The number of halogens is 1. The average molecular weight is 355 g/mol. The number of carbonyl (C=O) groups excluding carboxylic acids is 1. The molecule has 2 aromatic rings. The Hall–Kier alpha value is -2.14. The molecule has 2 fully saturated rings. The van der Waals surface area contributed by atoms with Crippen molar-refractivity contribution in [3.63, 3.8) is 0 Å². The number of anilines is 1. The summed E-state index contributed by atoms with van der Waals surface area (Å²) in [7, 11) is 0. The van der Waals surface area contributed by atoms with E-state index in [1.165, 1.54) is 19.3 Å². The van der Waals surface area contributed by atoms with Crippen LogP contribution in [0, 0.1) is 0 Å². The van der Waals surface area contributed by atoms with Gasteiger partial charge in [-0.05, 0) is 37.5 Å². The number of fused-ring (bicyclic) bond motifs is 1. The molecule has 3 heterocycles. The Morgan fingerprint density at radius 3 is 2.68 bits per heavy atom. The van der Waals surface area contributed by atoms with Crippen molar-refractivity contribution in [1.29, 1.82) is 0 Å². The summed E-state index contributed by atoms with van der Waals surface area (Å²) in [5, 5.41) is 0.583. The lowest BCUT2D eigenvalue weighted by Gasteiger charge is -2.33. The van der Waals surface area contributed by atoms with Crippen LogP contribution in [0.15, 0.2) is 24.3 Å². The van der Waals surface area contributed by atoms with Gasteiger partial charge in [-0.3, -0.25) is 4.79 Å². The molecule has 6 heteroatoms. The minimum absolute atomic E-state index is 0.00281. The summed E-state index contributed by atoms with van der Waals surface area (Å²) < 4.78 is 0. The summed E-state index contributed by atoms with van der Waals surface area (Å²) in [6.45, 7) is 3.24. The topological polar surface area (TPSA) is 49.3 Å². The summed E-state index contributed by atoms with van der Waals surface area (Å²) in [6.07, 6.45) is 3.58. The molecule has 5 rings (SSSR count). The first-order chi connectivity index (χ1) is 12.2. The van der Waals surface area contributed by atoms with Gasteiger partial charge in [0, 0.05) is 35.2 Å². The fourth-order valence-corrected chi connectivity index (χ4v) is 3.71. The van der Waals surface area contributed by atoms with E-state index in [2.05, 4.69) is 4.90 Å². The second-order valence-electron chi connectivity index (χ2n) is 7.12. The predicted octanol–water partition coefficient (Wildman–Crippen LogP) is 3.37. The van der Waals surface area contributed by atoms with E-state index in [1.807, 2.05) is 17.0 Å². The minimum atomic E-state index is 0.00281. The van der Waals surface area contributed by atoms with E-state index in [-0.39, 0.29) is 5.91 Å². The van der Waals surface area contributed by atoms with Crippen molar-refractivity contribution in [3.05, 3.63) is 51.9 Å². The first-order valence-corrected chi connectivity index (χ1v) is 9.26. The molecule has 0 N–H and O–H groups in total. The fraction of sp³-hybridized carbons (Fsp3) is 0.421. The lowest BCUT2D eigenvalue weighted by Crippen LogP contribution is -2.38. The van der Waals surface area contributed by atoms with Crippen LogP contribution in [0.2, 0.25) is 5.02 Å². The Labute approximate surface area is 151 Å². The Morgan fingerprint density at radius 1 is 1.16 bits per heavy atom. The number of hydrogen-bond acceptors (Lipinski definition) is 4. The quantitative estimate of drug-likeness (QED) is 0.848. The summed E-state index contributed by atoms with van der Waals surface area (Å²) in [5.41, 5.74) is 2.77. The highest BCUT2D eigenvalue weighted by Crippen LogP contribution is 2.41. The van der Waals surface area contributed by atoms with Crippen molar-refractivity contribution < 1.29 is 4.79 Å². The zero-order chi connectivity index (χ0) is 17.0. The smallest absolute Gasteiger partial charge is 0.254 e. The number of amides is 1. The monoisotopic (exact) mass is 354 g/mol. The van der Waals surface area contributed by atoms with Gasteiger partial charge in [0.05, 0.1) is 18.8 Å². The van der Waals surface area contributed by atoms with Gasteiger partial charge in [-0.15, -0.1) is 0 Å². The largest absolute Gasteiger partial charge is 0.356 e. The van der Waals surface area contributed by atoms with Crippen LogP contribution in [-0.4, -0.2) is 33.9 Å².